The van der Waals surface area contributed by atoms with Crippen LogP contribution in [-0.2, 0) is 0 Å². The van der Waals surface area contributed by atoms with Crippen molar-refractivity contribution in [3.63, 3.8) is 0 Å². The predicted molar refractivity (Wildman–Crippen MR) is 102 cm³/mol. The molecule has 124 valence electrons. The summed E-state index contributed by atoms with van der Waals surface area (Å²) in [5.41, 5.74) is 0.799. The van der Waals surface area contributed by atoms with Gasteiger partial charge in [0.25, 0.3) is 5.56 Å². The lowest BCUT2D eigenvalue weighted by Gasteiger charge is -2.02. The van der Waals surface area contributed by atoms with E-state index < -0.39 is 0 Å². The molecule has 0 spiro atoms. The monoisotopic (exact) mass is 367 g/mol. The smallest absolute Gasteiger partial charge is 0.291 e. The Hall–Kier alpha value is -2.77. The average molecular weight is 367 g/mol. The second-order valence-electron chi connectivity index (χ2n) is 5.15. The largest absolute Gasteiger partial charge is 0.496 e. The van der Waals surface area contributed by atoms with Gasteiger partial charge in [-0.25, -0.2) is 0 Å². The number of ether oxygens (including phenoxy) is 1. The summed E-state index contributed by atoms with van der Waals surface area (Å²) >= 11 is 2.88. The molecule has 5 nitrogen and oxygen atoms in total. The Kier molecular flexibility index (Phi) is 4.17. The Morgan fingerprint density at radius 3 is 2.84 bits per heavy atom. The Morgan fingerprint density at radius 2 is 2.08 bits per heavy atom. The molecule has 25 heavy (non-hydrogen) atoms. The number of methoxy groups -OCH3 is 1. The van der Waals surface area contributed by atoms with Gasteiger partial charge in [0.2, 0.25) is 4.96 Å². The molecule has 0 aliphatic carbocycles. The first-order valence-electron chi connectivity index (χ1n) is 7.51. The quantitative estimate of drug-likeness (QED) is 0.556. The molecule has 3 heterocycles. The summed E-state index contributed by atoms with van der Waals surface area (Å²) in [6, 6.07) is 11.6. The first-order valence-corrected chi connectivity index (χ1v) is 9.21. The lowest BCUT2D eigenvalue weighted by molar-refractivity contribution is 0.414. The van der Waals surface area contributed by atoms with Crippen molar-refractivity contribution in [1.29, 1.82) is 0 Å². The number of fused-ring (bicyclic) bond motifs is 1. The highest BCUT2D eigenvalue weighted by Gasteiger charge is 2.11. The minimum absolute atomic E-state index is 0.153. The van der Waals surface area contributed by atoms with Crippen molar-refractivity contribution >= 4 is 39.8 Å². The van der Waals surface area contributed by atoms with E-state index >= 15 is 0 Å². The van der Waals surface area contributed by atoms with Crippen LogP contribution in [0.4, 0.5) is 0 Å². The molecule has 0 unspecified atom stereocenters. The third kappa shape index (κ3) is 2.99. The van der Waals surface area contributed by atoms with Gasteiger partial charge in [0.1, 0.15) is 5.75 Å². The summed E-state index contributed by atoms with van der Waals surface area (Å²) in [4.78, 5) is 18.5. The van der Waals surface area contributed by atoms with Gasteiger partial charge in [-0.3, -0.25) is 4.79 Å². The number of rotatable bonds is 4. The molecule has 4 aromatic rings. The van der Waals surface area contributed by atoms with Crippen LogP contribution in [0, 0.1) is 0 Å². The van der Waals surface area contributed by atoms with Crippen LogP contribution in [0.25, 0.3) is 27.8 Å². The van der Waals surface area contributed by atoms with Gasteiger partial charge in [0.15, 0.2) is 5.82 Å². The van der Waals surface area contributed by atoms with Gasteiger partial charge in [-0.1, -0.05) is 47.8 Å². The fourth-order valence-electron chi connectivity index (χ4n) is 2.40. The van der Waals surface area contributed by atoms with Gasteiger partial charge in [-0.15, -0.1) is 16.4 Å². The average Bonchev–Trinajstić information content (AvgIpc) is 3.34. The van der Waals surface area contributed by atoms with Crippen molar-refractivity contribution in [2.75, 3.05) is 7.11 Å². The molecular weight excluding hydrogens is 354 g/mol. The molecule has 4 rings (SSSR count). The molecule has 0 saturated heterocycles. The SMILES string of the molecule is COc1ccccc1/C=C\C=c1/sc2nc(-c3cccs3)nn2c1=O. The number of hydrogen-bond donors (Lipinski definition) is 0. The second kappa shape index (κ2) is 6.62. The van der Waals surface area contributed by atoms with E-state index in [-0.39, 0.29) is 5.56 Å². The molecule has 0 N–H and O–H groups in total. The predicted octanol–water partition coefficient (Wildman–Crippen LogP) is 3.10. The van der Waals surface area contributed by atoms with E-state index in [1.54, 1.807) is 24.5 Å². The molecule has 0 fully saturated rings. The Morgan fingerprint density at radius 1 is 1.20 bits per heavy atom. The Balaban J connectivity index is 1.69. The molecule has 0 amide bonds. The maximum atomic E-state index is 12.5. The fourth-order valence-corrected chi connectivity index (χ4v) is 3.91. The number of aromatic nitrogens is 3. The summed E-state index contributed by atoms with van der Waals surface area (Å²) in [5, 5.41) is 6.28. The van der Waals surface area contributed by atoms with E-state index in [2.05, 4.69) is 10.1 Å². The second-order valence-corrected chi connectivity index (χ2v) is 7.10. The number of thiophene rings is 1. The zero-order valence-corrected chi connectivity index (χ0v) is 14.9. The van der Waals surface area contributed by atoms with Gasteiger partial charge >= 0.3 is 0 Å². The Labute approximate surface area is 151 Å². The van der Waals surface area contributed by atoms with Gasteiger partial charge in [-0.2, -0.15) is 9.50 Å². The lowest BCUT2D eigenvalue weighted by Crippen LogP contribution is -2.23. The minimum Gasteiger partial charge on any atom is -0.496 e. The van der Waals surface area contributed by atoms with E-state index in [0.29, 0.717) is 15.3 Å². The van der Waals surface area contributed by atoms with Gasteiger partial charge in [0, 0.05) is 5.56 Å². The van der Waals surface area contributed by atoms with Gasteiger partial charge in [0.05, 0.1) is 16.5 Å². The topological polar surface area (TPSA) is 56.5 Å². The fraction of sp³-hybridized carbons (Fsp3) is 0.0556. The summed E-state index contributed by atoms with van der Waals surface area (Å²) < 4.78 is 7.27. The number of thiazole rings is 1. The van der Waals surface area contributed by atoms with Crippen molar-refractivity contribution in [2.24, 2.45) is 0 Å². The molecule has 0 atom stereocenters. The van der Waals surface area contributed by atoms with Crippen molar-refractivity contribution in [1.82, 2.24) is 14.6 Å². The number of para-hydroxylation sites is 1. The highest BCUT2D eigenvalue weighted by atomic mass is 32.1. The molecule has 0 aliphatic rings. The van der Waals surface area contributed by atoms with Crippen LogP contribution in [0.5, 0.6) is 5.75 Å². The number of allylic oxidation sites excluding steroid dienone is 1. The molecule has 0 radical (unpaired) electrons. The normalized spacial score (nSPS) is 12.4. The van der Waals surface area contributed by atoms with Crippen LogP contribution >= 0.6 is 22.7 Å². The summed E-state index contributed by atoms with van der Waals surface area (Å²) in [6.07, 6.45) is 5.52. The molecule has 7 heteroatoms. The van der Waals surface area contributed by atoms with Gasteiger partial charge in [-0.05, 0) is 23.6 Å². The molecule has 0 bridgehead atoms. The third-order valence-corrected chi connectivity index (χ3v) is 5.43. The maximum Gasteiger partial charge on any atom is 0.291 e. The van der Waals surface area contributed by atoms with Crippen LogP contribution in [0.1, 0.15) is 5.56 Å². The summed E-state index contributed by atoms with van der Waals surface area (Å²) in [5.74, 6) is 1.38. The Bertz CT molecular complexity index is 1160. The van der Waals surface area contributed by atoms with Crippen molar-refractivity contribution in [3.05, 3.63) is 68.3 Å². The molecule has 0 aliphatic heterocycles. The van der Waals surface area contributed by atoms with Crippen molar-refractivity contribution in [2.45, 2.75) is 0 Å². The summed E-state index contributed by atoms with van der Waals surface area (Å²) in [7, 11) is 1.64. The van der Waals surface area contributed by atoms with E-state index in [1.165, 1.54) is 15.9 Å². The molecule has 3 aromatic heterocycles. The standard InChI is InChI=1S/C18H13N3O2S2/c1-23-13-8-3-2-6-12(13)7-4-9-15-17(22)21-18(25-15)19-16(20-21)14-10-5-11-24-14/h2-11H,1H3/b7-4-,15-9-. The molecule has 0 saturated carbocycles. The molecule has 1 aromatic carbocycles. The minimum atomic E-state index is -0.153. The summed E-state index contributed by atoms with van der Waals surface area (Å²) in [6.45, 7) is 0. The van der Waals surface area contributed by atoms with Gasteiger partial charge < -0.3 is 4.74 Å². The van der Waals surface area contributed by atoms with E-state index in [9.17, 15) is 4.79 Å². The third-order valence-electron chi connectivity index (χ3n) is 3.59. The van der Waals surface area contributed by atoms with Crippen LogP contribution in [-0.4, -0.2) is 21.7 Å². The number of benzene rings is 1. The van der Waals surface area contributed by atoms with E-state index in [4.69, 9.17) is 4.74 Å². The maximum absolute atomic E-state index is 12.5. The van der Waals surface area contributed by atoms with Crippen LogP contribution in [0.15, 0.2) is 52.6 Å². The van der Waals surface area contributed by atoms with E-state index in [0.717, 1.165) is 16.2 Å². The van der Waals surface area contributed by atoms with Crippen molar-refractivity contribution < 1.29 is 4.74 Å². The zero-order chi connectivity index (χ0) is 17.2. The zero-order valence-electron chi connectivity index (χ0n) is 13.2. The van der Waals surface area contributed by atoms with Crippen molar-refractivity contribution in [3.8, 4) is 16.5 Å². The van der Waals surface area contributed by atoms with Crippen LogP contribution in [0.2, 0.25) is 0 Å². The van der Waals surface area contributed by atoms with Crippen LogP contribution in [0.3, 0.4) is 0 Å². The first-order chi connectivity index (χ1) is 12.3. The number of nitrogens with zero attached hydrogens (tertiary/aromatic N) is 3. The first kappa shape index (κ1) is 15.7. The van der Waals surface area contributed by atoms with Crippen LogP contribution < -0.4 is 14.8 Å². The highest BCUT2D eigenvalue weighted by molar-refractivity contribution is 7.15. The lowest BCUT2D eigenvalue weighted by atomic mass is 10.2. The number of hydrogen-bond acceptors (Lipinski definition) is 6. The van der Waals surface area contributed by atoms with E-state index in [1.807, 2.05) is 53.9 Å². The highest BCUT2D eigenvalue weighted by Crippen LogP contribution is 2.21. The molecular formula is C18H13N3O2S2.